The van der Waals surface area contributed by atoms with Gasteiger partial charge >= 0.3 is 5.63 Å². The van der Waals surface area contributed by atoms with Crippen molar-refractivity contribution in [3.8, 4) is 5.75 Å². The van der Waals surface area contributed by atoms with Crippen molar-refractivity contribution in [2.75, 3.05) is 6.61 Å². The molecule has 0 aliphatic carbocycles. The van der Waals surface area contributed by atoms with Crippen molar-refractivity contribution in [1.29, 1.82) is 0 Å². The summed E-state index contributed by atoms with van der Waals surface area (Å²) < 4.78 is 17.0. The van der Waals surface area contributed by atoms with Crippen LogP contribution in [0.15, 0.2) is 46.1 Å². The maximum absolute atomic E-state index is 12.4. The lowest BCUT2D eigenvalue weighted by atomic mass is 9.78. The minimum atomic E-state index is -0.530. The van der Waals surface area contributed by atoms with E-state index in [1.54, 1.807) is 12.1 Å². The number of benzene rings is 1. The highest BCUT2D eigenvalue weighted by Crippen LogP contribution is 2.43. The molecular weight excluding hydrogens is 268 g/mol. The number of rotatable bonds is 3. The molecule has 0 amide bonds. The van der Waals surface area contributed by atoms with Crippen molar-refractivity contribution < 1.29 is 13.9 Å². The predicted molar refractivity (Wildman–Crippen MR) is 80.7 cm³/mol. The van der Waals surface area contributed by atoms with Gasteiger partial charge in [0.1, 0.15) is 11.3 Å². The zero-order valence-electron chi connectivity index (χ0n) is 12.2. The molecule has 0 radical (unpaired) electrons. The largest absolute Gasteiger partial charge is 0.464 e. The molecule has 0 saturated carbocycles. The topological polar surface area (TPSA) is 48.7 Å². The molecule has 1 aromatic carbocycles. The molecule has 2 heterocycles. The second-order valence-corrected chi connectivity index (χ2v) is 5.42. The molecule has 110 valence electrons. The monoisotopic (exact) mass is 286 g/mol. The van der Waals surface area contributed by atoms with Gasteiger partial charge in [-0.3, -0.25) is 0 Å². The third kappa shape index (κ3) is 2.16. The highest BCUT2D eigenvalue weighted by molar-refractivity contribution is 5.85. The zero-order chi connectivity index (χ0) is 15.0. The fourth-order valence-electron chi connectivity index (χ4n) is 2.82. The zero-order valence-corrected chi connectivity index (χ0v) is 12.2. The molecule has 0 saturated heterocycles. The van der Waals surface area contributed by atoms with E-state index < -0.39 is 11.7 Å². The summed E-state index contributed by atoms with van der Waals surface area (Å²) in [5.74, 6) is 0.550. The predicted octanol–water partition coefficient (Wildman–Crippen LogP) is 3.38. The quantitative estimate of drug-likeness (QED) is 0.641. The molecule has 0 fully saturated rings. The van der Waals surface area contributed by atoms with E-state index in [1.807, 2.05) is 32.0 Å². The van der Waals surface area contributed by atoms with Gasteiger partial charge in [0.15, 0.2) is 0 Å². The van der Waals surface area contributed by atoms with Crippen molar-refractivity contribution in [2.45, 2.75) is 32.0 Å². The van der Waals surface area contributed by atoms with E-state index in [9.17, 15) is 4.79 Å². The number of hydrogen-bond acceptors (Lipinski definition) is 4. The van der Waals surface area contributed by atoms with Gasteiger partial charge in [0.2, 0.25) is 6.29 Å². The second kappa shape index (κ2) is 5.04. The summed E-state index contributed by atoms with van der Waals surface area (Å²) in [7, 11) is 0. The van der Waals surface area contributed by atoms with Crippen LogP contribution < -0.4 is 10.4 Å². The molecule has 0 N–H and O–H groups in total. The van der Waals surface area contributed by atoms with Crippen molar-refractivity contribution in [3.63, 3.8) is 0 Å². The van der Waals surface area contributed by atoms with Crippen LogP contribution in [0, 0.1) is 0 Å². The summed E-state index contributed by atoms with van der Waals surface area (Å²) in [5.41, 5.74) is 0.135. The van der Waals surface area contributed by atoms with Gasteiger partial charge in [0.05, 0.1) is 10.9 Å². The van der Waals surface area contributed by atoms with E-state index >= 15 is 0 Å². The van der Waals surface area contributed by atoms with Gasteiger partial charge in [-0.15, -0.1) is 6.58 Å². The van der Waals surface area contributed by atoms with Crippen molar-refractivity contribution in [2.24, 2.45) is 0 Å². The first kappa shape index (κ1) is 13.9. The van der Waals surface area contributed by atoms with Crippen LogP contribution in [0.1, 0.15) is 25.8 Å². The molecule has 0 bridgehead atoms. The number of fused-ring (bicyclic) bond motifs is 3. The van der Waals surface area contributed by atoms with E-state index in [-0.39, 0.29) is 5.63 Å². The van der Waals surface area contributed by atoms with E-state index in [4.69, 9.17) is 13.9 Å². The molecule has 1 aliphatic heterocycles. The van der Waals surface area contributed by atoms with Gasteiger partial charge in [-0.2, -0.15) is 0 Å². The van der Waals surface area contributed by atoms with Gasteiger partial charge in [-0.25, -0.2) is 4.79 Å². The van der Waals surface area contributed by atoms with Crippen molar-refractivity contribution >= 4 is 11.0 Å². The highest BCUT2D eigenvalue weighted by Gasteiger charge is 2.40. The van der Waals surface area contributed by atoms with E-state index in [0.29, 0.717) is 29.9 Å². The lowest BCUT2D eigenvalue weighted by molar-refractivity contribution is -0.0966. The average molecular weight is 286 g/mol. The number of hydrogen-bond donors (Lipinski definition) is 0. The summed E-state index contributed by atoms with van der Waals surface area (Å²) in [4.78, 5) is 12.4. The molecule has 4 heteroatoms. The Bertz CT molecular complexity index is 746. The first-order valence-electron chi connectivity index (χ1n) is 7.07. The van der Waals surface area contributed by atoms with Crippen LogP contribution in [-0.2, 0) is 10.2 Å². The maximum Gasteiger partial charge on any atom is 0.344 e. The van der Waals surface area contributed by atoms with Crippen LogP contribution in [0.3, 0.4) is 0 Å². The Morgan fingerprint density at radius 3 is 2.95 bits per heavy atom. The first-order chi connectivity index (χ1) is 10.1. The molecule has 21 heavy (non-hydrogen) atoms. The Kier molecular flexibility index (Phi) is 3.33. The van der Waals surface area contributed by atoms with Crippen LogP contribution >= 0.6 is 0 Å². The molecule has 3 rings (SSSR count). The minimum absolute atomic E-state index is 0.374. The fourth-order valence-corrected chi connectivity index (χ4v) is 2.82. The van der Waals surface area contributed by atoms with Gasteiger partial charge in [0, 0.05) is 18.4 Å². The first-order valence-corrected chi connectivity index (χ1v) is 7.07. The van der Waals surface area contributed by atoms with Crippen molar-refractivity contribution in [1.82, 2.24) is 0 Å². The fraction of sp³-hybridized carbons (Fsp3) is 0.353. The second-order valence-electron chi connectivity index (χ2n) is 5.42. The average Bonchev–Trinajstić information content (AvgIpc) is 2.47. The Balaban J connectivity index is 2.30. The third-order valence-corrected chi connectivity index (χ3v) is 3.98. The van der Waals surface area contributed by atoms with Gasteiger partial charge in [-0.05, 0) is 19.1 Å². The number of para-hydroxylation sites is 1. The molecule has 1 aliphatic rings. The standard InChI is InChI=1S/C17H18O4/c1-4-17(3)10-13(19-5-2)21-15-11-8-6-7-9-12(11)20-16(18)14(15)17/h4,6-9,13H,1,5,10H2,2-3H3/t13-,17-/m0/s1. The van der Waals surface area contributed by atoms with Crippen LogP contribution in [0.25, 0.3) is 11.0 Å². The lowest BCUT2D eigenvalue weighted by Crippen LogP contribution is -2.40. The normalized spacial score (nSPS) is 24.4. The Hall–Kier alpha value is -2.07. The van der Waals surface area contributed by atoms with Crippen LogP contribution in [0.2, 0.25) is 0 Å². The Morgan fingerprint density at radius 2 is 2.24 bits per heavy atom. The van der Waals surface area contributed by atoms with Gasteiger partial charge in [-0.1, -0.05) is 25.1 Å². The molecule has 2 atom stereocenters. The molecule has 4 nitrogen and oxygen atoms in total. The molecule has 2 aromatic rings. The number of ether oxygens (including phenoxy) is 2. The number of allylic oxidation sites excluding steroid dienone is 1. The third-order valence-electron chi connectivity index (χ3n) is 3.98. The summed E-state index contributed by atoms with van der Waals surface area (Å²) in [6.07, 6.45) is 1.92. The van der Waals surface area contributed by atoms with Gasteiger partial charge in [0.25, 0.3) is 0 Å². The highest BCUT2D eigenvalue weighted by atomic mass is 16.7. The molecular formula is C17H18O4. The van der Waals surface area contributed by atoms with Gasteiger partial charge < -0.3 is 13.9 Å². The SMILES string of the molecule is C=C[C@@]1(C)C[C@@H](OCC)Oc2c1c(=O)oc1ccccc21. The maximum atomic E-state index is 12.4. The molecule has 1 aromatic heterocycles. The van der Waals surface area contributed by atoms with Crippen molar-refractivity contribution in [3.05, 3.63) is 52.9 Å². The lowest BCUT2D eigenvalue weighted by Gasteiger charge is -2.36. The summed E-state index contributed by atoms with van der Waals surface area (Å²) >= 11 is 0. The van der Waals surface area contributed by atoms with Crippen LogP contribution in [0.4, 0.5) is 0 Å². The molecule has 0 unspecified atom stereocenters. The summed E-state index contributed by atoms with van der Waals surface area (Å²) in [6.45, 7) is 8.30. The summed E-state index contributed by atoms with van der Waals surface area (Å²) in [5, 5.41) is 0.782. The Labute approximate surface area is 123 Å². The van der Waals surface area contributed by atoms with E-state index in [2.05, 4.69) is 6.58 Å². The van der Waals surface area contributed by atoms with Crippen LogP contribution in [-0.4, -0.2) is 12.9 Å². The summed E-state index contributed by atoms with van der Waals surface area (Å²) in [6, 6.07) is 7.36. The van der Waals surface area contributed by atoms with E-state index in [1.165, 1.54) is 0 Å². The van der Waals surface area contributed by atoms with Crippen LogP contribution in [0.5, 0.6) is 5.75 Å². The minimum Gasteiger partial charge on any atom is -0.464 e. The molecule has 0 spiro atoms. The Morgan fingerprint density at radius 1 is 1.48 bits per heavy atom. The van der Waals surface area contributed by atoms with E-state index in [0.717, 1.165) is 5.39 Å². The smallest absolute Gasteiger partial charge is 0.344 e.